The molecule has 2 unspecified atom stereocenters. The second-order valence-corrected chi connectivity index (χ2v) is 11.1. The predicted octanol–water partition coefficient (Wildman–Crippen LogP) is 5.27. The van der Waals surface area contributed by atoms with Gasteiger partial charge < -0.3 is 25.4 Å². The van der Waals surface area contributed by atoms with Crippen LogP contribution in [0.2, 0.25) is 5.02 Å². The first-order valence-corrected chi connectivity index (χ1v) is 13.9. The Kier molecular flexibility index (Phi) is 11.1. The van der Waals surface area contributed by atoms with Gasteiger partial charge in [0.15, 0.2) is 0 Å². The highest BCUT2D eigenvalue weighted by atomic mass is 35.5. The standard InChI is InChI=1S/C33H36ClN3O5/c1-6-23-15-17-25(18-16-23)29(30(39)36-28-22(2)11-10-14-26(28)34)37(19-20-38)31(40)27(21-24-12-8-7-9-13-24)35-32(41)42-33(3,4)5/h1,7-18,27,29,38H,19-21H2,2-5H3,(H,35,41)(H,36,39). The zero-order valence-corrected chi connectivity index (χ0v) is 24.9. The van der Waals surface area contributed by atoms with Gasteiger partial charge in [-0.3, -0.25) is 9.59 Å². The Bertz CT molecular complexity index is 1410. The normalized spacial score (nSPS) is 12.4. The summed E-state index contributed by atoms with van der Waals surface area (Å²) in [5, 5.41) is 15.9. The minimum Gasteiger partial charge on any atom is -0.444 e. The summed E-state index contributed by atoms with van der Waals surface area (Å²) in [7, 11) is 0. The number of amides is 3. The van der Waals surface area contributed by atoms with Gasteiger partial charge in [0, 0.05) is 18.5 Å². The van der Waals surface area contributed by atoms with Crippen LogP contribution in [-0.2, 0) is 20.7 Å². The Hall–Kier alpha value is -4.32. The molecule has 0 aliphatic rings. The number of carbonyl (C=O) groups excluding carboxylic acids is 3. The molecule has 0 fully saturated rings. The van der Waals surface area contributed by atoms with Crippen molar-refractivity contribution < 1.29 is 24.2 Å². The molecule has 3 aromatic carbocycles. The molecule has 0 aliphatic carbocycles. The van der Waals surface area contributed by atoms with Crippen molar-refractivity contribution in [3.8, 4) is 12.3 Å². The maximum absolute atomic E-state index is 14.3. The zero-order valence-electron chi connectivity index (χ0n) is 24.2. The number of anilines is 1. The highest BCUT2D eigenvalue weighted by Crippen LogP contribution is 2.29. The van der Waals surface area contributed by atoms with Crippen molar-refractivity contribution in [1.82, 2.24) is 10.2 Å². The fourth-order valence-corrected chi connectivity index (χ4v) is 4.66. The van der Waals surface area contributed by atoms with Gasteiger partial charge in [-0.1, -0.05) is 72.1 Å². The third-order valence-corrected chi connectivity index (χ3v) is 6.63. The molecule has 8 nitrogen and oxygen atoms in total. The van der Waals surface area contributed by atoms with E-state index in [-0.39, 0.29) is 13.0 Å². The van der Waals surface area contributed by atoms with Gasteiger partial charge in [-0.25, -0.2) is 4.79 Å². The highest BCUT2D eigenvalue weighted by Gasteiger charge is 2.36. The van der Waals surface area contributed by atoms with E-state index >= 15 is 0 Å². The number of para-hydroxylation sites is 1. The van der Waals surface area contributed by atoms with Crippen LogP contribution in [0.5, 0.6) is 0 Å². The van der Waals surface area contributed by atoms with Crippen LogP contribution in [0.1, 0.15) is 49.1 Å². The quantitative estimate of drug-likeness (QED) is 0.279. The average molecular weight is 590 g/mol. The van der Waals surface area contributed by atoms with Gasteiger partial charge in [0.2, 0.25) is 5.91 Å². The number of hydrogen-bond donors (Lipinski definition) is 3. The Morgan fingerprint density at radius 1 is 1.02 bits per heavy atom. The Morgan fingerprint density at radius 3 is 2.26 bits per heavy atom. The lowest BCUT2D eigenvalue weighted by Gasteiger charge is -2.34. The Labute approximate surface area is 252 Å². The van der Waals surface area contributed by atoms with Crippen LogP contribution < -0.4 is 10.6 Å². The third kappa shape index (κ3) is 8.84. The molecule has 220 valence electrons. The van der Waals surface area contributed by atoms with Gasteiger partial charge in [0.05, 0.1) is 17.3 Å². The lowest BCUT2D eigenvalue weighted by Crippen LogP contribution is -2.53. The molecule has 0 bridgehead atoms. The molecule has 3 amide bonds. The van der Waals surface area contributed by atoms with Gasteiger partial charge in [-0.15, -0.1) is 6.42 Å². The first-order valence-electron chi connectivity index (χ1n) is 13.5. The van der Waals surface area contributed by atoms with Crippen LogP contribution in [0.4, 0.5) is 10.5 Å². The number of nitrogens with one attached hydrogen (secondary N) is 2. The topological polar surface area (TPSA) is 108 Å². The second-order valence-electron chi connectivity index (χ2n) is 10.7. The van der Waals surface area contributed by atoms with Crippen LogP contribution in [0.3, 0.4) is 0 Å². The fraction of sp³-hybridized carbons (Fsp3) is 0.303. The summed E-state index contributed by atoms with van der Waals surface area (Å²) in [6, 6.07) is 18.7. The highest BCUT2D eigenvalue weighted by molar-refractivity contribution is 6.34. The molecule has 0 aliphatic heterocycles. The van der Waals surface area contributed by atoms with Crippen molar-refractivity contribution in [2.45, 2.75) is 51.8 Å². The van der Waals surface area contributed by atoms with E-state index in [4.69, 9.17) is 22.8 Å². The van der Waals surface area contributed by atoms with Crippen molar-refractivity contribution in [3.05, 3.63) is 100 Å². The molecule has 3 aromatic rings. The Morgan fingerprint density at radius 2 is 1.69 bits per heavy atom. The molecule has 9 heteroatoms. The van der Waals surface area contributed by atoms with Crippen molar-refractivity contribution in [3.63, 3.8) is 0 Å². The molecule has 0 saturated carbocycles. The van der Waals surface area contributed by atoms with Crippen LogP contribution >= 0.6 is 11.6 Å². The minimum atomic E-state index is -1.20. The number of aliphatic hydroxyl groups excluding tert-OH is 1. The number of halogens is 1. The molecule has 0 radical (unpaired) electrons. The average Bonchev–Trinajstić information content (AvgIpc) is 2.94. The number of nitrogens with zero attached hydrogens (tertiary/aromatic N) is 1. The summed E-state index contributed by atoms with van der Waals surface area (Å²) >= 11 is 6.40. The number of aliphatic hydroxyl groups is 1. The number of alkyl carbamates (subject to hydrolysis) is 1. The number of aryl methyl sites for hydroxylation is 1. The van der Waals surface area contributed by atoms with E-state index in [1.807, 2.05) is 30.3 Å². The van der Waals surface area contributed by atoms with E-state index in [1.54, 1.807) is 70.2 Å². The molecule has 3 rings (SSSR count). The van der Waals surface area contributed by atoms with E-state index in [2.05, 4.69) is 16.6 Å². The number of carbonyl (C=O) groups is 3. The van der Waals surface area contributed by atoms with Crippen molar-refractivity contribution in [1.29, 1.82) is 0 Å². The molecule has 3 N–H and O–H groups in total. The van der Waals surface area contributed by atoms with Gasteiger partial charge in [0.1, 0.15) is 17.7 Å². The monoisotopic (exact) mass is 589 g/mol. The lowest BCUT2D eigenvalue weighted by atomic mass is 9.99. The number of terminal acetylenes is 1. The number of ether oxygens (including phenoxy) is 1. The molecule has 0 spiro atoms. The molecule has 42 heavy (non-hydrogen) atoms. The second kappa shape index (κ2) is 14.5. The van der Waals surface area contributed by atoms with Gasteiger partial charge in [0.25, 0.3) is 5.91 Å². The van der Waals surface area contributed by atoms with E-state index < -0.39 is 42.2 Å². The minimum absolute atomic E-state index is 0.120. The Balaban J connectivity index is 2.07. The summed E-state index contributed by atoms with van der Waals surface area (Å²) in [5.74, 6) is 1.39. The van der Waals surface area contributed by atoms with Crippen LogP contribution in [0, 0.1) is 19.3 Å². The summed E-state index contributed by atoms with van der Waals surface area (Å²) < 4.78 is 5.44. The summed E-state index contributed by atoms with van der Waals surface area (Å²) in [6.07, 6.45) is 4.87. The van der Waals surface area contributed by atoms with Gasteiger partial charge in [-0.2, -0.15) is 0 Å². The summed E-state index contributed by atoms with van der Waals surface area (Å²) in [6.45, 7) is 6.32. The zero-order chi connectivity index (χ0) is 30.9. The molecule has 2 atom stereocenters. The smallest absolute Gasteiger partial charge is 0.408 e. The maximum Gasteiger partial charge on any atom is 0.408 e. The van der Waals surface area contributed by atoms with E-state index in [1.165, 1.54) is 4.90 Å². The van der Waals surface area contributed by atoms with Crippen LogP contribution in [0.15, 0.2) is 72.8 Å². The number of benzene rings is 3. The van der Waals surface area contributed by atoms with Gasteiger partial charge >= 0.3 is 6.09 Å². The predicted molar refractivity (Wildman–Crippen MR) is 164 cm³/mol. The lowest BCUT2D eigenvalue weighted by molar-refractivity contribution is -0.141. The summed E-state index contributed by atoms with van der Waals surface area (Å²) in [5.41, 5.74) is 2.15. The van der Waals surface area contributed by atoms with Crippen LogP contribution in [-0.4, -0.2) is 52.7 Å². The molecule has 0 heterocycles. The molecule has 0 saturated heterocycles. The van der Waals surface area contributed by atoms with Crippen molar-refractivity contribution in [2.75, 3.05) is 18.5 Å². The molecule has 0 aromatic heterocycles. The van der Waals surface area contributed by atoms with Gasteiger partial charge in [-0.05, 0) is 62.6 Å². The van der Waals surface area contributed by atoms with E-state index in [9.17, 15) is 19.5 Å². The first kappa shape index (κ1) is 32.2. The van der Waals surface area contributed by atoms with Crippen molar-refractivity contribution in [2.24, 2.45) is 0 Å². The largest absolute Gasteiger partial charge is 0.444 e. The summed E-state index contributed by atoms with van der Waals surface area (Å²) in [4.78, 5) is 42.3. The SMILES string of the molecule is C#Cc1ccc(C(C(=O)Nc2c(C)cccc2Cl)N(CCO)C(=O)C(Cc2ccccc2)NC(=O)OC(C)(C)C)cc1. The first-order chi connectivity index (χ1) is 19.9. The third-order valence-electron chi connectivity index (χ3n) is 6.32. The fourth-order valence-electron chi connectivity index (χ4n) is 4.39. The van der Waals surface area contributed by atoms with E-state index in [0.717, 1.165) is 11.1 Å². The molecular weight excluding hydrogens is 554 g/mol. The van der Waals surface area contributed by atoms with Crippen molar-refractivity contribution >= 4 is 35.2 Å². The number of hydrogen-bond acceptors (Lipinski definition) is 5. The maximum atomic E-state index is 14.3. The number of rotatable bonds is 10. The van der Waals surface area contributed by atoms with E-state index in [0.29, 0.717) is 21.8 Å². The molecular formula is C33H36ClN3O5. The van der Waals surface area contributed by atoms with Crippen LogP contribution in [0.25, 0.3) is 0 Å².